The molecular formula is C28H37F6N9O4Si. The molecule has 1 aliphatic heterocycles. The Morgan fingerprint density at radius 1 is 0.958 bits per heavy atom. The molecule has 0 aliphatic carbocycles. The van der Waals surface area contributed by atoms with Gasteiger partial charge in [0.05, 0.1) is 17.4 Å². The molecule has 4 rings (SSSR count). The molecule has 1 atom stereocenters. The van der Waals surface area contributed by atoms with Crippen molar-refractivity contribution in [2.45, 2.75) is 70.8 Å². The largest absolute Gasteiger partial charge is 0.423 e. The van der Waals surface area contributed by atoms with Crippen LogP contribution in [0.25, 0.3) is 0 Å². The number of carbonyl (C=O) groups is 1. The lowest BCUT2D eigenvalue weighted by Gasteiger charge is -2.34. The monoisotopic (exact) mass is 705 g/mol. The zero-order chi connectivity index (χ0) is 35.4. The second kappa shape index (κ2) is 14.5. The maximum absolute atomic E-state index is 14.0. The lowest BCUT2D eigenvalue weighted by atomic mass is 10.2. The lowest BCUT2D eigenvalue weighted by Crippen LogP contribution is -2.50. The van der Waals surface area contributed by atoms with Crippen LogP contribution in [0.1, 0.15) is 18.1 Å². The van der Waals surface area contributed by atoms with Crippen LogP contribution in [0, 0.1) is 0 Å². The van der Waals surface area contributed by atoms with Gasteiger partial charge in [-0.1, -0.05) is 19.6 Å². The fourth-order valence-electron chi connectivity index (χ4n) is 4.84. The van der Waals surface area contributed by atoms with Gasteiger partial charge in [0.2, 0.25) is 11.9 Å². The van der Waals surface area contributed by atoms with Gasteiger partial charge >= 0.3 is 18.0 Å². The molecule has 0 unspecified atom stereocenters. The molecule has 48 heavy (non-hydrogen) atoms. The van der Waals surface area contributed by atoms with Crippen LogP contribution in [-0.4, -0.2) is 86.6 Å². The van der Waals surface area contributed by atoms with Crippen LogP contribution < -0.4 is 21.5 Å². The van der Waals surface area contributed by atoms with Crippen molar-refractivity contribution in [2.75, 3.05) is 43.0 Å². The van der Waals surface area contributed by atoms with Gasteiger partial charge < -0.3 is 19.9 Å². The number of alkyl halides is 6. The average molecular weight is 706 g/mol. The van der Waals surface area contributed by atoms with Gasteiger partial charge in [0.1, 0.15) is 18.8 Å². The standard InChI is InChI=1S/C28H37F6N9O4Si/c1-19(38-21-15-37-43(18-47-11-12-48(2,3)4)24(45)23(21)28(32,33)34)16-41-9-10-42(26(41)46)17-22(44)39-5-7-40(8-6-39)25-35-13-20(14-36-25)27(29,30)31/h9-10,13-15,19,38H,5-8,11-12,16-18H2,1-4H3/t19-/m0/s1. The van der Waals surface area contributed by atoms with Crippen LogP contribution in [0.2, 0.25) is 25.7 Å². The van der Waals surface area contributed by atoms with Gasteiger partial charge in [0.15, 0.2) is 0 Å². The molecule has 13 nitrogen and oxygen atoms in total. The van der Waals surface area contributed by atoms with E-state index < -0.39 is 61.3 Å². The highest BCUT2D eigenvalue weighted by atomic mass is 28.3. The van der Waals surface area contributed by atoms with Crippen LogP contribution in [0.3, 0.4) is 0 Å². The minimum absolute atomic E-state index is 0.0913. The number of anilines is 2. The molecule has 264 valence electrons. The summed E-state index contributed by atoms with van der Waals surface area (Å²) in [6.07, 6.45) is -4.47. The Balaban J connectivity index is 1.34. The first-order valence-corrected chi connectivity index (χ1v) is 18.7. The molecule has 3 aromatic rings. The summed E-state index contributed by atoms with van der Waals surface area (Å²) in [7, 11) is -1.44. The van der Waals surface area contributed by atoms with Gasteiger partial charge in [0.25, 0.3) is 5.56 Å². The van der Waals surface area contributed by atoms with Crippen molar-refractivity contribution in [3.05, 3.63) is 62.9 Å². The Kier molecular flexibility index (Phi) is 11.1. The number of hydrogen-bond acceptors (Lipinski definition) is 9. The summed E-state index contributed by atoms with van der Waals surface area (Å²) in [6, 6.07) is 0.00259. The number of aromatic nitrogens is 6. The van der Waals surface area contributed by atoms with Gasteiger partial charge in [-0.2, -0.15) is 31.4 Å². The van der Waals surface area contributed by atoms with E-state index >= 15 is 0 Å². The highest BCUT2D eigenvalue weighted by molar-refractivity contribution is 6.76. The van der Waals surface area contributed by atoms with E-state index in [-0.39, 0.29) is 51.1 Å². The first-order chi connectivity index (χ1) is 22.3. The second-order valence-electron chi connectivity index (χ2n) is 12.6. The maximum atomic E-state index is 14.0. The molecule has 1 fully saturated rings. The van der Waals surface area contributed by atoms with E-state index in [9.17, 15) is 40.7 Å². The van der Waals surface area contributed by atoms with Crippen LogP contribution in [0.4, 0.5) is 38.0 Å². The molecule has 0 saturated carbocycles. The highest BCUT2D eigenvalue weighted by Gasteiger charge is 2.38. The summed E-state index contributed by atoms with van der Waals surface area (Å²) in [5.74, 6) is -0.271. The number of nitrogens with one attached hydrogen (secondary N) is 1. The number of imidazole rings is 1. The maximum Gasteiger partial charge on any atom is 0.423 e. The Hall–Kier alpha value is -4.20. The van der Waals surface area contributed by atoms with Crippen LogP contribution >= 0.6 is 0 Å². The number of ether oxygens (including phenoxy) is 1. The Bertz CT molecular complexity index is 1670. The number of nitrogens with zero attached hydrogens (tertiary/aromatic N) is 8. The van der Waals surface area contributed by atoms with Crippen molar-refractivity contribution in [1.82, 2.24) is 33.8 Å². The molecule has 1 aliphatic rings. The Labute approximate surface area is 272 Å². The van der Waals surface area contributed by atoms with Crippen LogP contribution in [-0.2, 0) is 41.7 Å². The fraction of sp³-hybridized carbons (Fsp3) is 0.571. The first-order valence-electron chi connectivity index (χ1n) is 15.0. The van der Waals surface area contributed by atoms with Crippen LogP contribution in [0.5, 0.6) is 0 Å². The summed E-state index contributed by atoms with van der Waals surface area (Å²) in [6.45, 7) is 8.32. The van der Waals surface area contributed by atoms with E-state index in [1.807, 2.05) is 0 Å². The van der Waals surface area contributed by atoms with Gasteiger partial charge in [-0.15, -0.1) is 0 Å². The molecule has 20 heteroatoms. The number of piperazine rings is 1. The summed E-state index contributed by atoms with van der Waals surface area (Å²) in [4.78, 5) is 49.3. The minimum atomic E-state index is -4.99. The number of rotatable bonds is 12. The molecule has 0 bridgehead atoms. The molecule has 4 heterocycles. The van der Waals surface area contributed by atoms with Gasteiger partial charge in [-0.25, -0.2) is 19.4 Å². The van der Waals surface area contributed by atoms with Crippen molar-refractivity contribution in [3.63, 3.8) is 0 Å². The number of hydrogen-bond donors (Lipinski definition) is 1. The average Bonchev–Trinajstić information content (AvgIpc) is 3.32. The molecule has 1 N–H and O–H groups in total. The quantitative estimate of drug-likeness (QED) is 0.172. The van der Waals surface area contributed by atoms with E-state index in [1.54, 1.807) is 4.90 Å². The van der Waals surface area contributed by atoms with E-state index in [1.165, 1.54) is 28.8 Å². The Morgan fingerprint density at radius 3 is 2.17 bits per heavy atom. The van der Waals surface area contributed by atoms with Gasteiger partial charge in [-0.3, -0.25) is 18.7 Å². The van der Waals surface area contributed by atoms with Crippen LogP contribution in [0.15, 0.2) is 40.6 Å². The Morgan fingerprint density at radius 2 is 1.58 bits per heavy atom. The summed E-state index contributed by atoms with van der Waals surface area (Å²) in [5.41, 5.74) is -4.87. The molecule has 0 radical (unpaired) electrons. The van der Waals surface area contributed by atoms with Crippen molar-refractivity contribution < 1.29 is 35.9 Å². The lowest BCUT2D eigenvalue weighted by molar-refractivity contribution is -0.139. The van der Waals surface area contributed by atoms with Crippen molar-refractivity contribution in [2.24, 2.45) is 0 Å². The van der Waals surface area contributed by atoms with E-state index in [2.05, 4.69) is 40.0 Å². The molecule has 3 aromatic heterocycles. The number of halogens is 6. The SMILES string of the molecule is C[C@@H](Cn1ccn(CC(=O)N2CCN(c3ncc(C(F)(F)F)cn3)CC2)c1=O)Nc1cnn(COCC[Si](C)(C)C)c(=O)c1C(F)(F)F. The minimum Gasteiger partial charge on any atom is -0.379 e. The number of carbonyl (C=O) groups excluding carboxylic acids is 1. The first kappa shape index (κ1) is 36.6. The molecule has 0 aromatic carbocycles. The van der Waals surface area contributed by atoms with Crippen molar-refractivity contribution in [3.8, 4) is 0 Å². The third kappa shape index (κ3) is 9.45. The predicted octanol–water partition coefficient (Wildman–Crippen LogP) is 3.20. The normalized spacial score (nSPS) is 15.1. The topological polar surface area (TPSA) is 132 Å². The highest BCUT2D eigenvalue weighted by Crippen LogP contribution is 2.32. The van der Waals surface area contributed by atoms with Gasteiger partial charge in [-0.05, 0) is 13.0 Å². The third-order valence-electron chi connectivity index (χ3n) is 7.51. The smallest absolute Gasteiger partial charge is 0.379 e. The summed E-state index contributed by atoms with van der Waals surface area (Å²) >= 11 is 0. The van der Waals surface area contributed by atoms with E-state index in [4.69, 9.17) is 4.74 Å². The molecular weight excluding hydrogens is 668 g/mol. The van der Waals surface area contributed by atoms with Gasteiger partial charge in [0, 0.05) is 78.2 Å². The predicted molar refractivity (Wildman–Crippen MR) is 165 cm³/mol. The third-order valence-corrected chi connectivity index (χ3v) is 9.22. The zero-order valence-electron chi connectivity index (χ0n) is 26.8. The fourth-order valence-corrected chi connectivity index (χ4v) is 5.60. The number of amides is 1. The molecule has 1 saturated heterocycles. The van der Waals surface area contributed by atoms with E-state index in [0.29, 0.717) is 23.7 Å². The van der Waals surface area contributed by atoms with Crippen molar-refractivity contribution in [1.29, 1.82) is 0 Å². The molecule has 1 amide bonds. The summed E-state index contributed by atoms with van der Waals surface area (Å²) < 4.78 is 88.6. The van der Waals surface area contributed by atoms with E-state index in [0.717, 1.165) is 16.8 Å². The second-order valence-corrected chi connectivity index (χ2v) is 18.2. The summed E-state index contributed by atoms with van der Waals surface area (Å²) in [5, 5.41) is 6.47. The molecule has 0 spiro atoms. The zero-order valence-corrected chi connectivity index (χ0v) is 27.8. The van der Waals surface area contributed by atoms with Crippen molar-refractivity contribution >= 4 is 25.6 Å².